The molecule has 1 aromatic carbocycles. The number of benzene rings is 1. The summed E-state index contributed by atoms with van der Waals surface area (Å²) in [6.45, 7) is 0. The SMILES string of the molecule is FC(F)(F)c1cc(Cl)c(-c2ccon2)c(Cl)c1. The Morgan fingerprint density at radius 2 is 1.71 bits per heavy atom. The smallest absolute Gasteiger partial charge is 0.364 e. The van der Waals surface area contributed by atoms with Gasteiger partial charge in [-0.05, 0) is 12.1 Å². The molecule has 0 aliphatic heterocycles. The largest absolute Gasteiger partial charge is 0.416 e. The summed E-state index contributed by atoms with van der Waals surface area (Å²) in [4.78, 5) is 0. The molecule has 0 saturated carbocycles. The molecular weight excluding hydrogens is 278 g/mol. The zero-order valence-corrected chi connectivity index (χ0v) is 9.57. The zero-order valence-electron chi connectivity index (χ0n) is 8.05. The molecule has 0 atom stereocenters. The molecule has 7 heteroatoms. The van der Waals surface area contributed by atoms with Gasteiger partial charge in [0.15, 0.2) is 0 Å². The molecule has 0 radical (unpaired) electrons. The van der Waals surface area contributed by atoms with Crippen LogP contribution in [0.2, 0.25) is 10.0 Å². The van der Waals surface area contributed by atoms with Gasteiger partial charge in [0, 0.05) is 11.6 Å². The van der Waals surface area contributed by atoms with E-state index in [1.165, 1.54) is 12.3 Å². The van der Waals surface area contributed by atoms with Crippen LogP contribution in [-0.2, 0) is 6.18 Å². The molecule has 1 aromatic heterocycles. The van der Waals surface area contributed by atoms with Gasteiger partial charge in [-0.15, -0.1) is 0 Å². The Kier molecular flexibility index (Phi) is 3.05. The van der Waals surface area contributed by atoms with Gasteiger partial charge >= 0.3 is 6.18 Å². The summed E-state index contributed by atoms with van der Waals surface area (Å²) in [5, 5.41) is 3.32. The standard InChI is InChI=1S/C10H4Cl2F3NO/c11-6-3-5(10(13,14)15)4-7(12)9(6)8-1-2-17-16-8/h1-4H. The van der Waals surface area contributed by atoms with E-state index < -0.39 is 11.7 Å². The Morgan fingerprint density at radius 3 is 2.12 bits per heavy atom. The number of rotatable bonds is 1. The minimum Gasteiger partial charge on any atom is -0.364 e. The van der Waals surface area contributed by atoms with Gasteiger partial charge in [0.2, 0.25) is 0 Å². The quantitative estimate of drug-likeness (QED) is 0.759. The van der Waals surface area contributed by atoms with Gasteiger partial charge in [-0.3, -0.25) is 0 Å². The van der Waals surface area contributed by atoms with Crippen molar-refractivity contribution in [2.75, 3.05) is 0 Å². The third kappa shape index (κ3) is 2.40. The van der Waals surface area contributed by atoms with Crippen LogP contribution >= 0.6 is 23.2 Å². The Morgan fingerprint density at radius 1 is 1.12 bits per heavy atom. The van der Waals surface area contributed by atoms with Gasteiger partial charge in [-0.25, -0.2) is 0 Å². The third-order valence-electron chi connectivity index (χ3n) is 2.06. The van der Waals surface area contributed by atoms with Gasteiger partial charge in [0.25, 0.3) is 0 Å². The lowest BCUT2D eigenvalue weighted by Crippen LogP contribution is -2.05. The summed E-state index contributed by atoms with van der Waals surface area (Å²) in [5.74, 6) is 0. The third-order valence-corrected chi connectivity index (χ3v) is 2.66. The summed E-state index contributed by atoms with van der Waals surface area (Å²) in [5.41, 5.74) is -0.399. The molecule has 90 valence electrons. The lowest BCUT2D eigenvalue weighted by molar-refractivity contribution is -0.137. The highest BCUT2D eigenvalue weighted by atomic mass is 35.5. The normalized spacial score (nSPS) is 11.8. The molecular formula is C10H4Cl2F3NO. The Bertz CT molecular complexity index is 514. The predicted octanol–water partition coefficient (Wildman–Crippen LogP) is 4.67. The van der Waals surface area contributed by atoms with Crippen LogP contribution in [0.4, 0.5) is 13.2 Å². The fraction of sp³-hybridized carbons (Fsp3) is 0.100. The van der Waals surface area contributed by atoms with Gasteiger partial charge in [0.1, 0.15) is 12.0 Å². The molecule has 2 nitrogen and oxygen atoms in total. The van der Waals surface area contributed by atoms with E-state index in [9.17, 15) is 13.2 Å². The van der Waals surface area contributed by atoms with Crippen LogP contribution < -0.4 is 0 Å². The Balaban J connectivity index is 2.58. The molecule has 0 N–H and O–H groups in total. The molecule has 0 unspecified atom stereocenters. The fourth-order valence-electron chi connectivity index (χ4n) is 1.32. The van der Waals surface area contributed by atoms with E-state index in [1.807, 2.05) is 0 Å². The van der Waals surface area contributed by atoms with Crippen molar-refractivity contribution in [1.29, 1.82) is 0 Å². The average molecular weight is 282 g/mol. The second-order valence-corrected chi connectivity index (χ2v) is 4.01. The lowest BCUT2D eigenvalue weighted by atomic mass is 10.1. The Hall–Kier alpha value is -1.20. The topological polar surface area (TPSA) is 26.0 Å². The maximum absolute atomic E-state index is 12.5. The summed E-state index contributed by atoms with van der Waals surface area (Å²) in [6, 6.07) is 3.06. The highest BCUT2D eigenvalue weighted by Crippen LogP contribution is 2.39. The van der Waals surface area contributed by atoms with Gasteiger partial charge in [-0.2, -0.15) is 13.2 Å². The molecule has 0 fully saturated rings. The van der Waals surface area contributed by atoms with Crippen molar-refractivity contribution in [2.45, 2.75) is 6.18 Å². The molecule has 1 heterocycles. The molecule has 0 aliphatic carbocycles. The first-order valence-electron chi connectivity index (χ1n) is 4.36. The van der Waals surface area contributed by atoms with Gasteiger partial charge < -0.3 is 4.52 Å². The monoisotopic (exact) mass is 281 g/mol. The fourth-order valence-corrected chi connectivity index (χ4v) is 2.00. The van der Waals surface area contributed by atoms with Gasteiger partial charge in [-0.1, -0.05) is 28.4 Å². The van der Waals surface area contributed by atoms with Crippen molar-refractivity contribution in [1.82, 2.24) is 5.16 Å². The average Bonchev–Trinajstić information content (AvgIpc) is 2.68. The summed E-state index contributed by atoms with van der Waals surface area (Å²) in [7, 11) is 0. The number of halogens is 5. The van der Waals surface area contributed by atoms with E-state index in [0.29, 0.717) is 0 Å². The van der Waals surface area contributed by atoms with E-state index in [1.54, 1.807) is 0 Å². The van der Waals surface area contributed by atoms with Crippen molar-refractivity contribution < 1.29 is 17.7 Å². The second-order valence-electron chi connectivity index (χ2n) is 3.20. The molecule has 0 aliphatic rings. The predicted molar refractivity (Wildman–Crippen MR) is 57.0 cm³/mol. The molecule has 0 amide bonds. The van der Waals surface area contributed by atoms with Crippen molar-refractivity contribution in [3.8, 4) is 11.3 Å². The number of alkyl halides is 3. The minimum atomic E-state index is -4.49. The number of hydrogen-bond acceptors (Lipinski definition) is 2. The lowest BCUT2D eigenvalue weighted by Gasteiger charge is -2.10. The van der Waals surface area contributed by atoms with E-state index in [-0.39, 0.29) is 21.3 Å². The molecule has 0 spiro atoms. The van der Waals surface area contributed by atoms with Crippen LogP contribution in [0.5, 0.6) is 0 Å². The maximum atomic E-state index is 12.5. The van der Waals surface area contributed by atoms with Crippen LogP contribution in [0.1, 0.15) is 5.56 Å². The summed E-state index contributed by atoms with van der Waals surface area (Å²) < 4.78 is 42.0. The highest BCUT2D eigenvalue weighted by Gasteiger charge is 2.32. The first kappa shape index (κ1) is 12.3. The van der Waals surface area contributed by atoms with E-state index in [4.69, 9.17) is 23.2 Å². The first-order chi connectivity index (χ1) is 7.89. The zero-order chi connectivity index (χ0) is 12.6. The summed E-state index contributed by atoms with van der Waals surface area (Å²) >= 11 is 11.5. The molecule has 17 heavy (non-hydrogen) atoms. The van der Waals surface area contributed by atoms with Crippen molar-refractivity contribution in [3.05, 3.63) is 40.1 Å². The molecule has 0 bridgehead atoms. The molecule has 2 aromatic rings. The van der Waals surface area contributed by atoms with Crippen LogP contribution in [0.15, 0.2) is 29.0 Å². The molecule has 0 saturated heterocycles. The Labute approximate surface area is 104 Å². The van der Waals surface area contributed by atoms with Crippen molar-refractivity contribution in [2.24, 2.45) is 0 Å². The van der Waals surface area contributed by atoms with Crippen molar-refractivity contribution in [3.63, 3.8) is 0 Å². The first-order valence-corrected chi connectivity index (χ1v) is 5.12. The van der Waals surface area contributed by atoms with Crippen LogP contribution in [-0.4, -0.2) is 5.16 Å². The van der Waals surface area contributed by atoms with E-state index in [2.05, 4.69) is 9.68 Å². The highest BCUT2D eigenvalue weighted by molar-refractivity contribution is 6.39. The van der Waals surface area contributed by atoms with Crippen LogP contribution in [0.25, 0.3) is 11.3 Å². The van der Waals surface area contributed by atoms with E-state index >= 15 is 0 Å². The number of nitrogens with zero attached hydrogens (tertiary/aromatic N) is 1. The molecule has 2 rings (SSSR count). The number of aromatic nitrogens is 1. The maximum Gasteiger partial charge on any atom is 0.416 e. The van der Waals surface area contributed by atoms with Crippen LogP contribution in [0.3, 0.4) is 0 Å². The minimum absolute atomic E-state index is 0.126. The van der Waals surface area contributed by atoms with E-state index in [0.717, 1.165) is 12.1 Å². The number of hydrogen-bond donors (Lipinski definition) is 0. The van der Waals surface area contributed by atoms with Crippen LogP contribution in [0, 0.1) is 0 Å². The summed E-state index contributed by atoms with van der Waals surface area (Å²) in [6.07, 6.45) is -3.21. The van der Waals surface area contributed by atoms with Crippen molar-refractivity contribution >= 4 is 23.2 Å². The van der Waals surface area contributed by atoms with Gasteiger partial charge in [0.05, 0.1) is 15.6 Å². The second kappa shape index (κ2) is 4.23.